The molecular weight excluding hydrogens is 348 g/mol. The lowest BCUT2D eigenvalue weighted by Gasteiger charge is -2.13. The number of carbonyl (C=O) groups is 1. The van der Waals surface area contributed by atoms with E-state index >= 15 is 0 Å². The van der Waals surface area contributed by atoms with E-state index in [9.17, 15) is 10.1 Å². The SMILES string of the molecule is CCc1ccc(C(=O)Nc2ccc(C(C#N)c3ccccc3)c(Cl)c2)o1. The number of rotatable bonds is 5. The van der Waals surface area contributed by atoms with Crippen molar-refractivity contribution >= 4 is 23.2 Å². The predicted molar refractivity (Wildman–Crippen MR) is 101 cm³/mol. The van der Waals surface area contributed by atoms with E-state index in [1.54, 1.807) is 30.3 Å². The molecule has 4 nitrogen and oxygen atoms in total. The normalized spacial score (nSPS) is 11.6. The largest absolute Gasteiger partial charge is 0.456 e. The van der Waals surface area contributed by atoms with Crippen molar-refractivity contribution in [1.82, 2.24) is 0 Å². The molecule has 0 saturated carbocycles. The van der Waals surface area contributed by atoms with E-state index in [4.69, 9.17) is 16.0 Å². The van der Waals surface area contributed by atoms with Crippen molar-refractivity contribution < 1.29 is 9.21 Å². The lowest BCUT2D eigenvalue weighted by Crippen LogP contribution is -2.11. The van der Waals surface area contributed by atoms with Crippen LogP contribution in [0.3, 0.4) is 0 Å². The van der Waals surface area contributed by atoms with Crippen LogP contribution in [0, 0.1) is 11.3 Å². The Labute approximate surface area is 157 Å². The van der Waals surface area contributed by atoms with E-state index in [-0.39, 0.29) is 11.7 Å². The van der Waals surface area contributed by atoms with Gasteiger partial charge < -0.3 is 9.73 Å². The average molecular weight is 365 g/mol. The molecule has 0 aliphatic carbocycles. The van der Waals surface area contributed by atoms with Crippen LogP contribution in [0.2, 0.25) is 5.02 Å². The van der Waals surface area contributed by atoms with E-state index in [1.165, 1.54) is 0 Å². The number of aryl methyl sites for hydroxylation is 1. The monoisotopic (exact) mass is 364 g/mol. The molecule has 0 aliphatic rings. The molecule has 2 aromatic carbocycles. The van der Waals surface area contributed by atoms with Gasteiger partial charge in [-0.2, -0.15) is 5.26 Å². The van der Waals surface area contributed by atoms with Crippen LogP contribution in [0.15, 0.2) is 65.1 Å². The molecule has 0 spiro atoms. The molecule has 1 unspecified atom stereocenters. The quantitative estimate of drug-likeness (QED) is 0.658. The van der Waals surface area contributed by atoms with Gasteiger partial charge in [0.25, 0.3) is 5.91 Å². The maximum absolute atomic E-state index is 12.3. The van der Waals surface area contributed by atoms with Crippen molar-refractivity contribution in [1.29, 1.82) is 5.26 Å². The Hall–Kier alpha value is -3.03. The number of furan rings is 1. The summed E-state index contributed by atoms with van der Waals surface area (Å²) in [6.45, 7) is 1.96. The molecule has 1 aromatic heterocycles. The van der Waals surface area contributed by atoms with Gasteiger partial charge in [0, 0.05) is 17.1 Å². The maximum Gasteiger partial charge on any atom is 0.291 e. The van der Waals surface area contributed by atoms with Gasteiger partial charge in [-0.15, -0.1) is 0 Å². The number of nitriles is 1. The Morgan fingerprint density at radius 2 is 1.96 bits per heavy atom. The van der Waals surface area contributed by atoms with Crippen LogP contribution in [-0.4, -0.2) is 5.91 Å². The summed E-state index contributed by atoms with van der Waals surface area (Å²) in [6, 6.07) is 20.3. The summed E-state index contributed by atoms with van der Waals surface area (Å²) >= 11 is 6.38. The standard InChI is InChI=1S/C21H17ClN2O2/c1-2-16-9-11-20(26-16)21(25)24-15-8-10-17(19(22)12-15)18(13-23)14-6-4-3-5-7-14/h3-12,18H,2H2,1H3,(H,24,25). The fourth-order valence-corrected chi connectivity index (χ4v) is 2.98. The zero-order valence-corrected chi connectivity index (χ0v) is 15.0. The lowest BCUT2D eigenvalue weighted by atomic mass is 9.92. The fraction of sp³-hybridized carbons (Fsp3) is 0.143. The molecule has 5 heteroatoms. The minimum absolute atomic E-state index is 0.251. The van der Waals surface area contributed by atoms with Gasteiger partial charge in [-0.25, -0.2) is 0 Å². The molecule has 0 radical (unpaired) electrons. The average Bonchev–Trinajstić information content (AvgIpc) is 3.14. The number of halogens is 1. The van der Waals surface area contributed by atoms with Crippen LogP contribution in [0.1, 0.15) is 40.3 Å². The number of benzene rings is 2. The number of nitrogens with one attached hydrogen (secondary N) is 1. The Morgan fingerprint density at radius 3 is 2.58 bits per heavy atom. The minimum atomic E-state index is -0.467. The third-order valence-corrected chi connectivity index (χ3v) is 4.39. The van der Waals surface area contributed by atoms with Crippen LogP contribution in [0.25, 0.3) is 0 Å². The van der Waals surface area contributed by atoms with Gasteiger partial charge in [-0.1, -0.05) is 54.9 Å². The molecular formula is C21H17ClN2O2. The van der Waals surface area contributed by atoms with Gasteiger partial charge >= 0.3 is 0 Å². The Kier molecular flexibility index (Phi) is 5.40. The highest BCUT2D eigenvalue weighted by molar-refractivity contribution is 6.31. The second-order valence-electron chi connectivity index (χ2n) is 5.78. The van der Waals surface area contributed by atoms with E-state index in [0.717, 1.165) is 17.7 Å². The van der Waals surface area contributed by atoms with Gasteiger partial charge in [0.15, 0.2) is 5.76 Å². The number of amides is 1. The van der Waals surface area contributed by atoms with Gasteiger partial charge in [-0.05, 0) is 35.4 Å². The summed E-state index contributed by atoms with van der Waals surface area (Å²) in [5.41, 5.74) is 2.11. The first-order chi connectivity index (χ1) is 12.6. The lowest BCUT2D eigenvalue weighted by molar-refractivity contribution is 0.0995. The van der Waals surface area contributed by atoms with Crippen molar-refractivity contribution in [3.05, 3.63) is 88.3 Å². The fourth-order valence-electron chi connectivity index (χ4n) is 2.69. The van der Waals surface area contributed by atoms with Crippen LogP contribution >= 0.6 is 11.6 Å². The highest BCUT2D eigenvalue weighted by atomic mass is 35.5. The Morgan fingerprint density at radius 1 is 1.19 bits per heavy atom. The molecule has 0 aliphatic heterocycles. The Bertz CT molecular complexity index is 958. The summed E-state index contributed by atoms with van der Waals surface area (Å²) in [4.78, 5) is 12.3. The van der Waals surface area contributed by atoms with Crippen molar-refractivity contribution in [2.24, 2.45) is 0 Å². The second-order valence-corrected chi connectivity index (χ2v) is 6.19. The van der Waals surface area contributed by atoms with Gasteiger partial charge in [-0.3, -0.25) is 4.79 Å². The molecule has 3 aromatic rings. The van der Waals surface area contributed by atoms with E-state index in [1.807, 2.05) is 37.3 Å². The first-order valence-corrected chi connectivity index (χ1v) is 8.64. The van der Waals surface area contributed by atoms with Crippen molar-refractivity contribution in [3.63, 3.8) is 0 Å². The van der Waals surface area contributed by atoms with Crippen molar-refractivity contribution in [2.45, 2.75) is 19.3 Å². The summed E-state index contributed by atoms with van der Waals surface area (Å²) in [6.07, 6.45) is 0.725. The molecule has 0 fully saturated rings. The highest BCUT2D eigenvalue weighted by Crippen LogP contribution is 2.32. The molecule has 1 amide bonds. The molecule has 1 heterocycles. The predicted octanol–water partition coefficient (Wildman–Crippen LogP) is 5.40. The zero-order valence-electron chi connectivity index (χ0n) is 14.2. The minimum Gasteiger partial charge on any atom is -0.456 e. The van der Waals surface area contributed by atoms with Crippen LogP contribution in [0.5, 0.6) is 0 Å². The van der Waals surface area contributed by atoms with Crippen LogP contribution in [-0.2, 0) is 6.42 Å². The van der Waals surface area contributed by atoms with Crippen molar-refractivity contribution in [2.75, 3.05) is 5.32 Å². The van der Waals surface area contributed by atoms with E-state index in [0.29, 0.717) is 16.3 Å². The molecule has 130 valence electrons. The van der Waals surface area contributed by atoms with E-state index in [2.05, 4.69) is 11.4 Å². The first-order valence-electron chi connectivity index (χ1n) is 8.26. The number of nitrogens with zero attached hydrogens (tertiary/aromatic N) is 1. The summed E-state index contributed by atoms with van der Waals surface area (Å²) < 4.78 is 5.45. The van der Waals surface area contributed by atoms with Gasteiger partial charge in [0.1, 0.15) is 5.76 Å². The summed E-state index contributed by atoms with van der Waals surface area (Å²) in [5, 5.41) is 12.7. The number of hydrogen-bond acceptors (Lipinski definition) is 3. The third-order valence-electron chi connectivity index (χ3n) is 4.07. The smallest absolute Gasteiger partial charge is 0.291 e. The molecule has 26 heavy (non-hydrogen) atoms. The van der Waals surface area contributed by atoms with Crippen LogP contribution in [0.4, 0.5) is 5.69 Å². The topological polar surface area (TPSA) is 66.0 Å². The number of anilines is 1. The summed E-state index contributed by atoms with van der Waals surface area (Å²) in [5.74, 6) is 0.198. The number of hydrogen-bond donors (Lipinski definition) is 1. The van der Waals surface area contributed by atoms with Crippen molar-refractivity contribution in [3.8, 4) is 6.07 Å². The van der Waals surface area contributed by atoms with E-state index < -0.39 is 5.92 Å². The first kappa shape index (κ1) is 17.8. The zero-order chi connectivity index (χ0) is 18.5. The second kappa shape index (κ2) is 7.90. The third kappa shape index (κ3) is 3.79. The molecule has 1 N–H and O–H groups in total. The van der Waals surface area contributed by atoms with Gasteiger partial charge in [0.2, 0.25) is 0 Å². The Balaban J connectivity index is 1.81. The van der Waals surface area contributed by atoms with Gasteiger partial charge in [0.05, 0.1) is 12.0 Å². The molecule has 0 saturated heterocycles. The number of carbonyl (C=O) groups excluding carboxylic acids is 1. The molecule has 1 atom stereocenters. The molecule has 0 bridgehead atoms. The van der Waals surface area contributed by atoms with Crippen LogP contribution < -0.4 is 5.32 Å². The molecule has 3 rings (SSSR count). The maximum atomic E-state index is 12.3. The summed E-state index contributed by atoms with van der Waals surface area (Å²) in [7, 11) is 0. The highest BCUT2D eigenvalue weighted by Gasteiger charge is 2.18.